The van der Waals surface area contributed by atoms with Crippen molar-refractivity contribution in [2.45, 2.75) is 150 Å². The molecule has 26 nitrogen and oxygen atoms in total. The Bertz CT molecular complexity index is 3030. The third kappa shape index (κ3) is 29.5. The molecule has 0 unspecified atom stereocenters. The van der Waals surface area contributed by atoms with Crippen LogP contribution in [0.15, 0.2) is 169 Å². The number of hydrogen-bond acceptors (Lipinski definition) is 26. The third-order valence-corrected chi connectivity index (χ3v) is 11.5. The zero-order valence-corrected chi connectivity index (χ0v) is 50.9. The second-order valence-corrected chi connectivity index (χ2v) is 19.8. The van der Waals surface area contributed by atoms with Crippen LogP contribution in [-0.4, -0.2) is 83.6 Å². The van der Waals surface area contributed by atoms with Gasteiger partial charge in [0.1, 0.15) is 39.8 Å². The van der Waals surface area contributed by atoms with Crippen molar-refractivity contribution in [3.8, 4) is 11.5 Å². The lowest BCUT2D eigenvalue weighted by Gasteiger charge is -2.16. The maximum absolute atomic E-state index is 5.91. The van der Waals surface area contributed by atoms with Crippen molar-refractivity contribution in [3.63, 3.8) is 0 Å². The first kappa shape index (κ1) is 69.8. The summed E-state index contributed by atoms with van der Waals surface area (Å²) >= 11 is 11.6. The molecule has 454 valence electrons. The standard InChI is InChI=1S/C8H5ClN2O.C7H12N2O.C6H10N2O2.C6H10N2O.2C6H9NO.C5H5ClN2O.C5H7NO.C4H5NO.C3H3NO/c9-7-3-1-6(2-4-7)8-10-5-11-12-8;1-3-6(4-2)7-8-5-9-10-7;1-6(2,9-3)5-7-4-8-10-5;1-5(2)3-6-7-4-8-9-6;1-5(2)6-3-4-7-8-6;1-2-3-6-4-5-7-8-6;6-5(1-2-5)4-7-3-8-9-4;1-2-5-3-4-6-7-5;1-4-2-3-5-6-4;1-2-4-5-3-1/h1-5H;5-6H,3-4H2,1-2H3;4H,1-3H3;4-5H,3H2,1-2H3;3-5H,1-2H3;4-5H,2-3H2,1H3;3H,1-2H2;3-4H,2H2,1H3;2-3H,1H3;1-3H. The van der Waals surface area contributed by atoms with Crippen molar-refractivity contribution < 1.29 is 50.0 Å². The normalized spacial score (nSPS) is 11.4. The molecule has 10 heterocycles. The Balaban J connectivity index is 0.000000246. The summed E-state index contributed by atoms with van der Waals surface area (Å²) < 4.78 is 52.5. The van der Waals surface area contributed by atoms with E-state index in [0.29, 0.717) is 40.4 Å². The molecule has 84 heavy (non-hydrogen) atoms. The number of halogens is 2. The van der Waals surface area contributed by atoms with Gasteiger partial charge < -0.3 is 50.0 Å². The molecule has 1 saturated carbocycles. The first-order valence-electron chi connectivity index (χ1n) is 26.8. The van der Waals surface area contributed by atoms with E-state index in [4.69, 9.17) is 64.1 Å². The van der Waals surface area contributed by atoms with E-state index in [1.807, 2.05) is 58.0 Å². The number of ether oxygens (including phenoxy) is 1. The fourth-order valence-electron chi connectivity index (χ4n) is 5.77. The fraction of sp³-hybridized carbons (Fsp3) is 0.446. The average molecular weight is 1210 g/mol. The first-order chi connectivity index (χ1) is 40.6. The number of hydrogen-bond donors (Lipinski definition) is 0. The number of rotatable bonds is 13. The van der Waals surface area contributed by atoms with Gasteiger partial charge in [-0.3, -0.25) is 0 Å². The molecule has 0 spiro atoms. The van der Waals surface area contributed by atoms with Crippen LogP contribution >= 0.6 is 23.2 Å². The van der Waals surface area contributed by atoms with Gasteiger partial charge in [-0.05, 0) is 89.1 Å². The van der Waals surface area contributed by atoms with Crippen molar-refractivity contribution in [3.05, 3.63) is 175 Å². The molecule has 0 saturated heterocycles. The Hall–Kier alpha value is -8.49. The molecule has 0 radical (unpaired) electrons. The van der Waals surface area contributed by atoms with Crippen LogP contribution in [0.5, 0.6) is 0 Å². The van der Waals surface area contributed by atoms with Gasteiger partial charge in [-0.25, -0.2) is 0 Å². The molecule has 1 aliphatic rings. The number of aromatic nitrogens is 15. The maximum Gasteiger partial charge on any atom is 0.257 e. The Morgan fingerprint density at radius 1 is 0.595 bits per heavy atom. The highest BCUT2D eigenvalue weighted by atomic mass is 35.5. The van der Waals surface area contributed by atoms with Gasteiger partial charge in [0.25, 0.3) is 11.8 Å². The quantitative estimate of drug-likeness (QED) is 0.0968. The van der Waals surface area contributed by atoms with E-state index in [2.05, 4.69) is 134 Å². The Morgan fingerprint density at radius 2 is 1.19 bits per heavy atom. The van der Waals surface area contributed by atoms with Crippen LogP contribution in [0.2, 0.25) is 5.02 Å². The largest absolute Gasteiger partial charge is 0.369 e. The molecule has 0 atom stereocenters. The third-order valence-electron chi connectivity index (χ3n) is 10.7. The second-order valence-electron chi connectivity index (χ2n) is 18.6. The lowest BCUT2D eigenvalue weighted by molar-refractivity contribution is -0.00787. The minimum atomic E-state index is -0.476. The van der Waals surface area contributed by atoms with Gasteiger partial charge in [0, 0.05) is 73.1 Å². The molecule has 10 aromatic heterocycles. The van der Waals surface area contributed by atoms with Gasteiger partial charge in [-0.1, -0.05) is 119 Å². The van der Waals surface area contributed by atoms with E-state index in [0.717, 1.165) is 91.8 Å². The SMILES string of the molecule is CC(C)Cc1ncno1.CC(C)c1ccno1.CCC(CC)c1ncno1.CCCc1ccno1.CCc1ccno1.COC(C)(C)c1ncno1.Cc1ccno1.ClC1(c2ncno2)CC1.Clc1ccc(-c2ncno2)cc1.c1cnoc1. The summed E-state index contributed by atoms with van der Waals surface area (Å²) in [5, 5.41) is 35.6. The topological polar surface area (TPSA) is 334 Å². The van der Waals surface area contributed by atoms with Crippen molar-refractivity contribution >= 4 is 23.2 Å². The minimum absolute atomic E-state index is 0.295. The minimum Gasteiger partial charge on any atom is -0.369 e. The van der Waals surface area contributed by atoms with Crippen LogP contribution in [-0.2, 0) is 34.5 Å². The lowest BCUT2D eigenvalue weighted by atomic mass is 10.0. The zero-order valence-electron chi connectivity index (χ0n) is 49.4. The molecule has 1 fully saturated rings. The Morgan fingerprint density at radius 3 is 1.57 bits per heavy atom. The highest BCUT2D eigenvalue weighted by Crippen LogP contribution is 2.50. The second kappa shape index (κ2) is 40.7. The molecule has 0 bridgehead atoms. The van der Waals surface area contributed by atoms with Crippen molar-refractivity contribution in [2.24, 2.45) is 5.92 Å². The highest BCUT2D eigenvalue weighted by molar-refractivity contribution is 6.30. The van der Waals surface area contributed by atoms with Gasteiger partial charge in [0.15, 0.2) is 31.6 Å². The van der Waals surface area contributed by atoms with E-state index in [-0.39, 0.29) is 4.87 Å². The highest BCUT2D eigenvalue weighted by Gasteiger charge is 2.47. The predicted octanol–water partition coefficient (Wildman–Crippen LogP) is 14.2. The Kier molecular flexibility index (Phi) is 33.8. The van der Waals surface area contributed by atoms with E-state index < -0.39 is 5.60 Å². The van der Waals surface area contributed by atoms with E-state index in [1.54, 1.807) is 62.4 Å². The number of benzene rings is 1. The van der Waals surface area contributed by atoms with Gasteiger partial charge in [0.2, 0.25) is 17.7 Å². The van der Waals surface area contributed by atoms with Crippen molar-refractivity contribution in [2.75, 3.05) is 7.11 Å². The first-order valence-corrected chi connectivity index (χ1v) is 27.6. The average Bonchev–Trinajstić information content (AvgIpc) is 4.50. The molecule has 28 heteroatoms. The summed E-state index contributed by atoms with van der Waals surface area (Å²) in [5.41, 5.74) is 0.396. The molecular weight excluding hydrogens is 1130 g/mol. The van der Waals surface area contributed by atoms with Crippen LogP contribution < -0.4 is 0 Å². The summed E-state index contributed by atoms with van der Waals surface area (Å²) in [7, 11) is 1.60. The van der Waals surface area contributed by atoms with Crippen LogP contribution in [0.4, 0.5) is 0 Å². The van der Waals surface area contributed by atoms with Gasteiger partial charge >= 0.3 is 0 Å². The number of alkyl halides is 1. The summed E-state index contributed by atoms with van der Waals surface area (Å²) in [6.45, 7) is 22.3. The predicted molar refractivity (Wildman–Crippen MR) is 305 cm³/mol. The molecule has 1 aromatic carbocycles. The lowest BCUT2D eigenvalue weighted by Crippen LogP contribution is -2.19. The van der Waals surface area contributed by atoms with Crippen molar-refractivity contribution in [1.82, 2.24) is 76.5 Å². The van der Waals surface area contributed by atoms with Gasteiger partial charge in [-0.15, -0.1) is 11.6 Å². The monoisotopic (exact) mass is 1200 g/mol. The summed E-state index contributed by atoms with van der Waals surface area (Å²) in [5.74, 6) is 8.28. The summed E-state index contributed by atoms with van der Waals surface area (Å²) in [4.78, 5) is 19.2. The summed E-state index contributed by atoms with van der Waals surface area (Å²) in [6.07, 6.45) is 24.7. The molecular formula is C56H75Cl2N15O11. The van der Waals surface area contributed by atoms with E-state index in [1.165, 1.54) is 37.9 Å². The maximum atomic E-state index is 5.91. The zero-order chi connectivity index (χ0) is 61.3. The Labute approximate surface area is 497 Å². The van der Waals surface area contributed by atoms with Crippen molar-refractivity contribution in [1.29, 1.82) is 0 Å². The van der Waals surface area contributed by atoms with Gasteiger partial charge in [0.05, 0.1) is 31.0 Å². The molecule has 11 aromatic rings. The van der Waals surface area contributed by atoms with E-state index in [9.17, 15) is 0 Å². The molecule has 12 rings (SSSR count). The number of methoxy groups -OCH3 is 1. The molecule has 0 N–H and O–H groups in total. The number of nitrogens with zero attached hydrogens (tertiary/aromatic N) is 15. The van der Waals surface area contributed by atoms with Crippen LogP contribution in [0, 0.1) is 12.8 Å². The number of aryl methyl sites for hydroxylation is 3. The van der Waals surface area contributed by atoms with Crippen LogP contribution in [0.1, 0.15) is 160 Å². The van der Waals surface area contributed by atoms with Crippen LogP contribution in [0.3, 0.4) is 0 Å². The van der Waals surface area contributed by atoms with E-state index >= 15 is 0 Å². The molecule has 1 aliphatic carbocycles. The summed E-state index contributed by atoms with van der Waals surface area (Å²) in [6, 6.07) is 16.4. The van der Waals surface area contributed by atoms with Gasteiger partial charge in [-0.2, -0.15) is 24.9 Å². The fourth-order valence-corrected chi connectivity index (χ4v) is 6.07. The van der Waals surface area contributed by atoms with Crippen LogP contribution in [0.25, 0.3) is 11.5 Å². The molecule has 0 amide bonds. The molecule has 0 aliphatic heterocycles. The smallest absolute Gasteiger partial charge is 0.257 e.